The highest BCUT2D eigenvalue weighted by Crippen LogP contribution is 2.25. The Labute approximate surface area is 176 Å². The molecule has 152 valence electrons. The van der Waals surface area contributed by atoms with Crippen molar-refractivity contribution in [3.05, 3.63) is 66.7 Å². The average molecular weight is 432 g/mol. The monoisotopic (exact) mass is 431 g/mol. The van der Waals surface area contributed by atoms with E-state index in [1.807, 2.05) is 22.2 Å². The lowest BCUT2D eigenvalue weighted by molar-refractivity contribution is 0.0592. The highest BCUT2D eigenvalue weighted by atomic mass is 32.1. The SMILES string of the molecule is COC(=O)c1c(OCc2ccsc2)cc(=O)n2c1CCN(Cc1nccs1)CC2. The van der Waals surface area contributed by atoms with Crippen molar-refractivity contribution < 1.29 is 14.3 Å². The number of pyridine rings is 1. The van der Waals surface area contributed by atoms with E-state index in [9.17, 15) is 9.59 Å². The molecule has 0 atom stereocenters. The van der Waals surface area contributed by atoms with Crippen molar-refractivity contribution in [2.75, 3.05) is 20.2 Å². The average Bonchev–Trinajstić information content (AvgIpc) is 3.39. The molecule has 0 saturated carbocycles. The summed E-state index contributed by atoms with van der Waals surface area (Å²) < 4.78 is 12.6. The molecule has 0 N–H and O–H groups in total. The van der Waals surface area contributed by atoms with Crippen molar-refractivity contribution in [1.29, 1.82) is 0 Å². The molecule has 9 heteroatoms. The maximum Gasteiger partial charge on any atom is 0.343 e. The van der Waals surface area contributed by atoms with Crippen molar-refractivity contribution in [2.24, 2.45) is 0 Å². The second kappa shape index (κ2) is 8.89. The van der Waals surface area contributed by atoms with Gasteiger partial charge in [0.1, 0.15) is 22.9 Å². The molecule has 29 heavy (non-hydrogen) atoms. The quantitative estimate of drug-likeness (QED) is 0.559. The molecule has 0 saturated heterocycles. The molecule has 7 nitrogen and oxygen atoms in total. The maximum absolute atomic E-state index is 12.8. The van der Waals surface area contributed by atoms with Crippen LogP contribution in [-0.2, 0) is 30.9 Å². The Morgan fingerprint density at radius 3 is 2.90 bits per heavy atom. The van der Waals surface area contributed by atoms with Gasteiger partial charge in [-0.3, -0.25) is 9.69 Å². The predicted molar refractivity (Wildman–Crippen MR) is 112 cm³/mol. The number of esters is 1. The molecule has 0 aliphatic carbocycles. The normalized spacial score (nSPS) is 14.2. The van der Waals surface area contributed by atoms with Crippen molar-refractivity contribution in [3.8, 4) is 5.75 Å². The van der Waals surface area contributed by atoms with E-state index in [4.69, 9.17) is 9.47 Å². The smallest absolute Gasteiger partial charge is 0.343 e. The number of hydrogen-bond donors (Lipinski definition) is 0. The molecule has 4 heterocycles. The predicted octanol–water partition coefficient (Wildman–Crippen LogP) is 2.79. The van der Waals surface area contributed by atoms with Crippen LogP contribution in [0.25, 0.3) is 0 Å². The Morgan fingerprint density at radius 2 is 2.17 bits per heavy atom. The van der Waals surface area contributed by atoms with Gasteiger partial charge in [-0.05, 0) is 22.4 Å². The molecule has 0 amide bonds. The maximum atomic E-state index is 12.8. The molecule has 1 aliphatic heterocycles. The van der Waals surface area contributed by atoms with E-state index in [2.05, 4.69) is 9.88 Å². The molecular weight excluding hydrogens is 410 g/mol. The zero-order valence-corrected chi connectivity index (χ0v) is 17.6. The number of carbonyl (C=O) groups excluding carboxylic acids is 1. The Hall–Kier alpha value is -2.49. The van der Waals surface area contributed by atoms with Crippen LogP contribution < -0.4 is 10.3 Å². The second-order valence-electron chi connectivity index (χ2n) is 6.68. The fourth-order valence-electron chi connectivity index (χ4n) is 3.45. The van der Waals surface area contributed by atoms with Crippen LogP contribution in [0, 0.1) is 0 Å². The topological polar surface area (TPSA) is 73.7 Å². The Kier molecular flexibility index (Phi) is 6.08. The standard InChI is InChI=1S/C20H21N3O4S2/c1-26-20(25)19-15-2-5-22(11-17-21-4-9-29-17)6-7-23(15)18(24)10-16(19)27-12-14-3-8-28-13-14/h3-4,8-10,13H,2,5-7,11-12H2,1H3. The minimum atomic E-state index is -0.484. The number of ether oxygens (including phenoxy) is 2. The number of thiazole rings is 1. The van der Waals surface area contributed by atoms with E-state index in [-0.39, 0.29) is 11.3 Å². The van der Waals surface area contributed by atoms with Crippen LogP contribution in [0.15, 0.2) is 39.3 Å². The van der Waals surface area contributed by atoms with Gasteiger partial charge >= 0.3 is 5.97 Å². The third-order valence-electron chi connectivity index (χ3n) is 4.89. The van der Waals surface area contributed by atoms with Crippen LogP contribution in [0.5, 0.6) is 5.75 Å². The number of hydrogen-bond acceptors (Lipinski definition) is 8. The van der Waals surface area contributed by atoms with Crippen LogP contribution in [0.1, 0.15) is 26.6 Å². The summed E-state index contributed by atoms with van der Waals surface area (Å²) in [5.74, 6) is -0.199. The first-order valence-electron chi connectivity index (χ1n) is 9.25. The summed E-state index contributed by atoms with van der Waals surface area (Å²) in [6.45, 7) is 2.97. The minimum absolute atomic E-state index is 0.163. The summed E-state index contributed by atoms with van der Waals surface area (Å²) in [6, 6.07) is 3.36. The fraction of sp³-hybridized carbons (Fsp3) is 0.350. The zero-order valence-electron chi connectivity index (χ0n) is 16.0. The molecule has 0 aromatic carbocycles. The first-order valence-corrected chi connectivity index (χ1v) is 11.1. The van der Waals surface area contributed by atoms with E-state index in [0.29, 0.717) is 37.4 Å². The van der Waals surface area contributed by atoms with Gasteiger partial charge in [-0.2, -0.15) is 11.3 Å². The Bertz CT molecular complexity index is 1030. The third-order valence-corrected chi connectivity index (χ3v) is 6.39. The van der Waals surface area contributed by atoms with Crippen molar-refractivity contribution in [1.82, 2.24) is 14.5 Å². The van der Waals surface area contributed by atoms with Crippen LogP contribution in [-0.4, -0.2) is 40.6 Å². The molecule has 0 bridgehead atoms. The highest BCUT2D eigenvalue weighted by Gasteiger charge is 2.26. The van der Waals surface area contributed by atoms with Crippen LogP contribution in [0.4, 0.5) is 0 Å². The lowest BCUT2D eigenvalue weighted by Crippen LogP contribution is -2.29. The van der Waals surface area contributed by atoms with Crippen molar-refractivity contribution in [3.63, 3.8) is 0 Å². The summed E-state index contributed by atoms with van der Waals surface area (Å²) in [5, 5.41) is 6.93. The number of carbonyl (C=O) groups is 1. The van der Waals surface area contributed by atoms with Gasteiger partial charge in [0.05, 0.1) is 13.7 Å². The zero-order chi connectivity index (χ0) is 20.2. The summed E-state index contributed by atoms with van der Waals surface area (Å²) >= 11 is 3.19. The summed E-state index contributed by atoms with van der Waals surface area (Å²) in [6.07, 6.45) is 2.35. The van der Waals surface area contributed by atoms with Gasteiger partial charge in [-0.15, -0.1) is 11.3 Å². The molecule has 3 aromatic heterocycles. The number of thiophene rings is 1. The molecular formula is C20H21N3O4S2. The van der Waals surface area contributed by atoms with Gasteiger partial charge in [-0.25, -0.2) is 9.78 Å². The lowest BCUT2D eigenvalue weighted by atomic mass is 10.1. The molecule has 4 rings (SSSR count). The van der Waals surface area contributed by atoms with Gasteiger partial charge in [0.2, 0.25) is 0 Å². The van der Waals surface area contributed by atoms with Gasteiger partial charge in [0, 0.05) is 49.4 Å². The lowest BCUT2D eigenvalue weighted by Gasteiger charge is -2.17. The summed E-state index contributed by atoms with van der Waals surface area (Å²) in [7, 11) is 1.35. The van der Waals surface area contributed by atoms with Gasteiger partial charge in [-0.1, -0.05) is 0 Å². The molecule has 0 fully saturated rings. The summed E-state index contributed by atoms with van der Waals surface area (Å²) in [5.41, 5.74) is 1.85. The van der Waals surface area contributed by atoms with Crippen molar-refractivity contribution in [2.45, 2.75) is 26.1 Å². The van der Waals surface area contributed by atoms with Gasteiger partial charge in [0.15, 0.2) is 0 Å². The third kappa shape index (κ3) is 4.42. The number of aromatic nitrogens is 2. The van der Waals surface area contributed by atoms with E-state index < -0.39 is 5.97 Å². The van der Waals surface area contributed by atoms with Crippen LogP contribution in [0.3, 0.4) is 0 Å². The fourth-order valence-corrected chi connectivity index (χ4v) is 4.76. The molecule has 0 radical (unpaired) electrons. The number of fused-ring (bicyclic) bond motifs is 1. The largest absolute Gasteiger partial charge is 0.488 e. The Morgan fingerprint density at radius 1 is 1.28 bits per heavy atom. The Balaban J connectivity index is 1.63. The van der Waals surface area contributed by atoms with Crippen LogP contribution in [0.2, 0.25) is 0 Å². The van der Waals surface area contributed by atoms with Crippen molar-refractivity contribution >= 4 is 28.6 Å². The van der Waals surface area contributed by atoms with Gasteiger partial charge in [0.25, 0.3) is 5.56 Å². The second-order valence-corrected chi connectivity index (χ2v) is 8.44. The summed E-state index contributed by atoms with van der Waals surface area (Å²) in [4.78, 5) is 32.0. The molecule has 0 unspecified atom stereocenters. The molecule has 1 aliphatic rings. The minimum Gasteiger partial charge on any atom is -0.488 e. The van der Waals surface area contributed by atoms with E-state index in [0.717, 1.165) is 23.7 Å². The van der Waals surface area contributed by atoms with E-state index >= 15 is 0 Å². The first kappa shape index (κ1) is 19.8. The highest BCUT2D eigenvalue weighted by molar-refractivity contribution is 7.09. The number of nitrogens with zero attached hydrogens (tertiary/aromatic N) is 3. The molecule has 0 spiro atoms. The van der Waals surface area contributed by atoms with E-state index in [1.54, 1.807) is 33.4 Å². The van der Waals surface area contributed by atoms with Gasteiger partial charge < -0.3 is 14.0 Å². The van der Waals surface area contributed by atoms with Crippen LogP contribution >= 0.6 is 22.7 Å². The number of rotatable bonds is 6. The van der Waals surface area contributed by atoms with E-state index in [1.165, 1.54) is 13.2 Å². The molecule has 3 aromatic rings. The number of methoxy groups -OCH3 is 1. The first-order chi connectivity index (χ1) is 14.2.